The third kappa shape index (κ3) is 5.55. The minimum Gasteiger partial charge on any atom is -0.435 e. The number of nitrogens with one attached hydrogen (secondary N) is 1. The van der Waals surface area contributed by atoms with Crippen LogP contribution < -0.4 is 10.1 Å². The lowest BCUT2D eigenvalue weighted by Gasteiger charge is -2.08. The predicted octanol–water partition coefficient (Wildman–Crippen LogP) is 2.91. The molecule has 1 heterocycles. The van der Waals surface area contributed by atoms with Gasteiger partial charge in [0, 0.05) is 25.5 Å². The Morgan fingerprint density at radius 2 is 2.13 bits per heavy atom. The van der Waals surface area contributed by atoms with Gasteiger partial charge in [-0.25, -0.2) is 4.98 Å². The standard InChI is InChI=1S/C15H17F2N3O2S/c1-2-20-8-7-18-15(20)23-10-13(21)19-9-11-3-5-12(6-4-11)22-14(16)17/h3-8,14H,2,9-10H2,1H3,(H,19,21). The Kier molecular flexibility index (Phi) is 6.40. The van der Waals surface area contributed by atoms with Crippen molar-refractivity contribution >= 4 is 17.7 Å². The van der Waals surface area contributed by atoms with Gasteiger partial charge in [-0.2, -0.15) is 8.78 Å². The van der Waals surface area contributed by atoms with E-state index >= 15 is 0 Å². The van der Waals surface area contributed by atoms with E-state index in [9.17, 15) is 13.6 Å². The highest BCUT2D eigenvalue weighted by molar-refractivity contribution is 7.99. The quantitative estimate of drug-likeness (QED) is 0.750. The number of aryl methyl sites for hydroxylation is 1. The van der Waals surface area contributed by atoms with Crippen LogP contribution in [0, 0.1) is 0 Å². The van der Waals surface area contributed by atoms with E-state index < -0.39 is 6.61 Å². The minimum absolute atomic E-state index is 0.0945. The summed E-state index contributed by atoms with van der Waals surface area (Å²) < 4.78 is 30.3. The summed E-state index contributed by atoms with van der Waals surface area (Å²) in [6, 6.07) is 6.16. The van der Waals surface area contributed by atoms with Gasteiger partial charge in [0.15, 0.2) is 5.16 Å². The van der Waals surface area contributed by atoms with Crippen LogP contribution in [0.4, 0.5) is 8.78 Å². The number of rotatable bonds is 8. The maximum atomic E-state index is 12.0. The maximum Gasteiger partial charge on any atom is 0.387 e. The topological polar surface area (TPSA) is 56.2 Å². The molecule has 1 amide bonds. The second-order valence-electron chi connectivity index (χ2n) is 4.58. The van der Waals surface area contributed by atoms with Crippen molar-refractivity contribution in [3.63, 3.8) is 0 Å². The van der Waals surface area contributed by atoms with Gasteiger partial charge in [0.2, 0.25) is 5.91 Å². The first-order chi connectivity index (χ1) is 11.1. The summed E-state index contributed by atoms with van der Waals surface area (Å²) in [5.74, 6) is 0.245. The molecule has 0 saturated heterocycles. The van der Waals surface area contributed by atoms with Crippen molar-refractivity contribution in [1.82, 2.24) is 14.9 Å². The Labute approximate surface area is 137 Å². The zero-order valence-electron chi connectivity index (χ0n) is 12.5. The highest BCUT2D eigenvalue weighted by atomic mass is 32.2. The van der Waals surface area contributed by atoms with Crippen LogP contribution >= 0.6 is 11.8 Å². The zero-order valence-corrected chi connectivity index (χ0v) is 13.4. The molecule has 0 aliphatic carbocycles. The zero-order chi connectivity index (χ0) is 16.7. The largest absolute Gasteiger partial charge is 0.435 e. The molecule has 0 bridgehead atoms. The first-order valence-electron chi connectivity index (χ1n) is 7.03. The molecule has 0 radical (unpaired) electrons. The smallest absolute Gasteiger partial charge is 0.387 e. The van der Waals surface area contributed by atoms with E-state index in [2.05, 4.69) is 15.0 Å². The molecule has 2 aromatic rings. The second-order valence-corrected chi connectivity index (χ2v) is 5.53. The Morgan fingerprint density at radius 1 is 1.39 bits per heavy atom. The number of nitrogens with zero attached hydrogens (tertiary/aromatic N) is 2. The third-order valence-corrected chi connectivity index (χ3v) is 3.99. The van der Waals surface area contributed by atoms with Gasteiger partial charge in [-0.1, -0.05) is 23.9 Å². The highest BCUT2D eigenvalue weighted by Crippen LogP contribution is 2.16. The molecule has 1 aromatic heterocycles. The molecule has 2 rings (SSSR count). The summed E-state index contributed by atoms with van der Waals surface area (Å²) in [7, 11) is 0. The van der Waals surface area contributed by atoms with Gasteiger partial charge in [-0.05, 0) is 24.6 Å². The van der Waals surface area contributed by atoms with E-state index in [1.165, 1.54) is 23.9 Å². The Hall–Kier alpha value is -2.09. The van der Waals surface area contributed by atoms with E-state index in [1.807, 2.05) is 17.7 Å². The summed E-state index contributed by atoms with van der Waals surface area (Å²) in [5, 5.41) is 3.58. The van der Waals surface area contributed by atoms with Crippen LogP contribution in [0.25, 0.3) is 0 Å². The highest BCUT2D eigenvalue weighted by Gasteiger charge is 2.07. The van der Waals surface area contributed by atoms with Crippen molar-refractivity contribution in [1.29, 1.82) is 0 Å². The summed E-state index contributed by atoms with van der Waals surface area (Å²) in [6.45, 7) is 0.300. The molecule has 0 saturated carbocycles. The summed E-state index contributed by atoms with van der Waals surface area (Å²) >= 11 is 1.37. The average Bonchev–Trinajstić information content (AvgIpc) is 2.99. The summed E-state index contributed by atoms with van der Waals surface area (Å²) in [4.78, 5) is 16.0. The number of halogens is 2. The van der Waals surface area contributed by atoms with E-state index in [0.717, 1.165) is 17.3 Å². The van der Waals surface area contributed by atoms with Crippen molar-refractivity contribution in [3.05, 3.63) is 42.2 Å². The summed E-state index contributed by atoms with van der Waals surface area (Å²) in [6.07, 6.45) is 3.57. The van der Waals surface area contributed by atoms with Gasteiger partial charge in [0.1, 0.15) is 5.75 Å². The fourth-order valence-electron chi connectivity index (χ4n) is 1.85. The number of thioether (sulfide) groups is 1. The van der Waals surface area contributed by atoms with Crippen LogP contribution in [0.2, 0.25) is 0 Å². The SMILES string of the molecule is CCn1ccnc1SCC(=O)NCc1ccc(OC(F)F)cc1. The molecule has 124 valence electrons. The Balaban J connectivity index is 1.75. The number of carbonyl (C=O) groups is 1. The van der Waals surface area contributed by atoms with Gasteiger partial charge in [0.05, 0.1) is 5.75 Å². The molecule has 0 atom stereocenters. The number of hydrogen-bond donors (Lipinski definition) is 1. The van der Waals surface area contributed by atoms with Crippen molar-refractivity contribution in [2.75, 3.05) is 5.75 Å². The van der Waals surface area contributed by atoms with Crippen molar-refractivity contribution in [2.24, 2.45) is 0 Å². The van der Waals surface area contributed by atoms with E-state index in [4.69, 9.17) is 0 Å². The Bertz CT molecular complexity index is 632. The van der Waals surface area contributed by atoms with Crippen molar-refractivity contribution in [2.45, 2.75) is 31.8 Å². The Morgan fingerprint density at radius 3 is 2.78 bits per heavy atom. The molecular weight excluding hydrogens is 324 g/mol. The molecule has 8 heteroatoms. The molecule has 0 unspecified atom stereocenters. The number of hydrogen-bond acceptors (Lipinski definition) is 4. The molecule has 0 spiro atoms. The van der Waals surface area contributed by atoms with E-state index in [1.54, 1.807) is 18.3 Å². The lowest BCUT2D eigenvalue weighted by atomic mass is 10.2. The van der Waals surface area contributed by atoms with Crippen LogP contribution in [0.3, 0.4) is 0 Å². The monoisotopic (exact) mass is 341 g/mol. The van der Waals surface area contributed by atoms with E-state index in [-0.39, 0.29) is 17.4 Å². The second kappa shape index (κ2) is 8.52. The molecule has 5 nitrogen and oxygen atoms in total. The number of benzene rings is 1. The van der Waals surface area contributed by atoms with Crippen LogP contribution in [0.1, 0.15) is 12.5 Å². The van der Waals surface area contributed by atoms with Crippen LogP contribution in [0.15, 0.2) is 41.8 Å². The van der Waals surface area contributed by atoms with Gasteiger partial charge in [-0.15, -0.1) is 0 Å². The fourth-order valence-corrected chi connectivity index (χ4v) is 2.70. The predicted molar refractivity (Wildman–Crippen MR) is 83.5 cm³/mol. The first-order valence-corrected chi connectivity index (χ1v) is 8.01. The fraction of sp³-hybridized carbons (Fsp3) is 0.333. The first kappa shape index (κ1) is 17.3. The number of aromatic nitrogens is 2. The molecule has 23 heavy (non-hydrogen) atoms. The van der Waals surface area contributed by atoms with Gasteiger partial charge in [-0.3, -0.25) is 4.79 Å². The number of alkyl halides is 2. The van der Waals surface area contributed by atoms with Crippen molar-refractivity contribution in [3.8, 4) is 5.75 Å². The molecule has 0 aliphatic rings. The minimum atomic E-state index is -2.84. The third-order valence-electron chi connectivity index (χ3n) is 2.99. The number of imidazole rings is 1. The molecule has 1 N–H and O–H groups in total. The molecule has 1 aromatic carbocycles. The van der Waals surface area contributed by atoms with Gasteiger partial charge >= 0.3 is 6.61 Å². The number of ether oxygens (including phenoxy) is 1. The number of amides is 1. The van der Waals surface area contributed by atoms with Crippen LogP contribution in [-0.2, 0) is 17.9 Å². The average molecular weight is 341 g/mol. The van der Waals surface area contributed by atoms with Crippen molar-refractivity contribution < 1.29 is 18.3 Å². The molecule has 0 fully saturated rings. The van der Waals surface area contributed by atoms with Crippen LogP contribution in [-0.4, -0.2) is 27.8 Å². The van der Waals surface area contributed by atoms with Crippen LogP contribution in [0.5, 0.6) is 5.75 Å². The molecule has 0 aliphatic heterocycles. The summed E-state index contributed by atoms with van der Waals surface area (Å²) in [5.41, 5.74) is 0.806. The maximum absolute atomic E-state index is 12.0. The van der Waals surface area contributed by atoms with Gasteiger partial charge in [0.25, 0.3) is 0 Å². The lowest BCUT2D eigenvalue weighted by Crippen LogP contribution is -2.24. The molecular formula is C15H17F2N3O2S. The van der Waals surface area contributed by atoms with E-state index in [0.29, 0.717) is 6.54 Å². The normalized spacial score (nSPS) is 10.8. The lowest BCUT2D eigenvalue weighted by molar-refractivity contribution is -0.118. The van der Waals surface area contributed by atoms with Gasteiger partial charge < -0.3 is 14.6 Å². The number of carbonyl (C=O) groups excluding carboxylic acids is 1.